The van der Waals surface area contributed by atoms with Crippen LogP contribution in [0.25, 0.3) is 11.4 Å². The highest BCUT2D eigenvalue weighted by atomic mass is 16.1. The van der Waals surface area contributed by atoms with E-state index in [1.807, 2.05) is 39.0 Å². The Bertz CT molecular complexity index is 700. The minimum atomic E-state index is -0.167. The number of carbonyl (C=O) groups excluding carboxylic acids is 1. The SMILES string of the molecule is CC(C)(C)NC(=O)CCN1CCc2nc(-c3ccccc3)[nH]c2C1. The number of aromatic amines is 1. The van der Waals surface area contributed by atoms with Crippen LogP contribution in [0.5, 0.6) is 0 Å². The van der Waals surface area contributed by atoms with Crippen LogP contribution in [0.1, 0.15) is 38.6 Å². The zero-order valence-electron chi connectivity index (χ0n) is 14.7. The molecule has 24 heavy (non-hydrogen) atoms. The molecule has 0 saturated carbocycles. The van der Waals surface area contributed by atoms with Crippen LogP contribution in [0.2, 0.25) is 0 Å². The largest absolute Gasteiger partial charge is 0.351 e. The average molecular weight is 326 g/mol. The molecule has 0 unspecified atom stereocenters. The topological polar surface area (TPSA) is 61.0 Å². The second-order valence-corrected chi connectivity index (χ2v) is 7.45. The standard InChI is InChI=1S/C19H26N4O/c1-19(2,3)22-17(24)10-12-23-11-9-15-16(13-23)21-18(20-15)14-7-5-4-6-8-14/h4-8H,9-13H2,1-3H3,(H,20,21)(H,22,24). The van der Waals surface area contributed by atoms with Crippen molar-refractivity contribution in [2.75, 3.05) is 13.1 Å². The van der Waals surface area contributed by atoms with Gasteiger partial charge in [-0.05, 0) is 20.8 Å². The molecule has 0 aliphatic carbocycles. The van der Waals surface area contributed by atoms with Gasteiger partial charge in [-0.2, -0.15) is 0 Å². The van der Waals surface area contributed by atoms with Crippen molar-refractivity contribution < 1.29 is 4.79 Å². The Morgan fingerprint density at radius 1 is 1.29 bits per heavy atom. The first-order valence-corrected chi connectivity index (χ1v) is 8.57. The summed E-state index contributed by atoms with van der Waals surface area (Å²) in [7, 11) is 0. The summed E-state index contributed by atoms with van der Waals surface area (Å²) in [5.74, 6) is 1.05. The number of nitrogens with zero attached hydrogens (tertiary/aromatic N) is 2. The van der Waals surface area contributed by atoms with E-state index < -0.39 is 0 Å². The van der Waals surface area contributed by atoms with Crippen molar-refractivity contribution in [2.24, 2.45) is 0 Å². The third kappa shape index (κ3) is 4.23. The van der Waals surface area contributed by atoms with E-state index in [0.717, 1.165) is 43.1 Å². The van der Waals surface area contributed by atoms with Gasteiger partial charge in [-0.25, -0.2) is 4.98 Å². The number of rotatable bonds is 4. The highest BCUT2D eigenvalue weighted by molar-refractivity contribution is 5.76. The molecule has 0 atom stereocenters. The van der Waals surface area contributed by atoms with Crippen LogP contribution in [0, 0.1) is 0 Å². The molecule has 0 spiro atoms. The molecule has 1 aliphatic rings. The van der Waals surface area contributed by atoms with E-state index in [1.54, 1.807) is 0 Å². The van der Waals surface area contributed by atoms with E-state index >= 15 is 0 Å². The van der Waals surface area contributed by atoms with E-state index in [9.17, 15) is 4.79 Å². The first kappa shape index (κ1) is 16.7. The summed E-state index contributed by atoms with van der Waals surface area (Å²) in [5, 5.41) is 3.02. The van der Waals surface area contributed by atoms with Gasteiger partial charge in [-0.3, -0.25) is 9.69 Å². The predicted molar refractivity (Wildman–Crippen MR) is 95.5 cm³/mol. The van der Waals surface area contributed by atoms with Crippen molar-refractivity contribution in [3.8, 4) is 11.4 Å². The van der Waals surface area contributed by atoms with Gasteiger partial charge in [0.2, 0.25) is 5.91 Å². The van der Waals surface area contributed by atoms with E-state index in [0.29, 0.717) is 6.42 Å². The third-order valence-electron chi connectivity index (χ3n) is 4.13. The molecule has 1 aromatic heterocycles. The van der Waals surface area contributed by atoms with Gasteiger partial charge in [-0.15, -0.1) is 0 Å². The van der Waals surface area contributed by atoms with Crippen molar-refractivity contribution in [3.05, 3.63) is 41.7 Å². The average Bonchev–Trinajstić information content (AvgIpc) is 2.95. The first-order valence-electron chi connectivity index (χ1n) is 8.57. The lowest BCUT2D eigenvalue weighted by Crippen LogP contribution is -2.42. The van der Waals surface area contributed by atoms with Crippen molar-refractivity contribution in [2.45, 2.75) is 45.7 Å². The van der Waals surface area contributed by atoms with E-state index in [-0.39, 0.29) is 11.4 Å². The minimum absolute atomic E-state index is 0.114. The Labute approximate surface area is 143 Å². The molecule has 0 fully saturated rings. The summed E-state index contributed by atoms with van der Waals surface area (Å²) in [4.78, 5) is 22.5. The molecule has 2 N–H and O–H groups in total. The summed E-state index contributed by atoms with van der Waals surface area (Å²) < 4.78 is 0. The molecular formula is C19H26N4O. The normalized spacial score (nSPS) is 15.1. The first-order chi connectivity index (χ1) is 11.4. The number of nitrogens with one attached hydrogen (secondary N) is 2. The van der Waals surface area contributed by atoms with Crippen LogP contribution in [-0.2, 0) is 17.8 Å². The lowest BCUT2D eigenvalue weighted by molar-refractivity contribution is -0.122. The zero-order chi connectivity index (χ0) is 17.2. The van der Waals surface area contributed by atoms with Gasteiger partial charge in [0.25, 0.3) is 0 Å². The molecule has 1 amide bonds. The van der Waals surface area contributed by atoms with Gasteiger partial charge in [0.15, 0.2) is 0 Å². The molecule has 0 saturated heterocycles. The number of hydrogen-bond acceptors (Lipinski definition) is 3. The molecule has 0 bridgehead atoms. The maximum atomic E-state index is 12.0. The number of imidazole rings is 1. The van der Waals surface area contributed by atoms with Crippen molar-refractivity contribution in [3.63, 3.8) is 0 Å². The number of aromatic nitrogens is 2. The fraction of sp³-hybridized carbons (Fsp3) is 0.474. The summed E-state index contributed by atoms with van der Waals surface area (Å²) in [6.07, 6.45) is 1.46. The molecule has 1 aliphatic heterocycles. The molecule has 0 radical (unpaired) electrons. The highest BCUT2D eigenvalue weighted by Crippen LogP contribution is 2.22. The summed E-state index contributed by atoms with van der Waals surface area (Å²) in [6, 6.07) is 10.2. The molecule has 1 aromatic carbocycles. The Morgan fingerprint density at radius 3 is 2.75 bits per heavy atom. The number of amides is 1. The van der Waals surface area contributed by atoms with Gasteiger partial charge in [-0.1, -0.05) is 30.3 Å². The Morgan fingerprint density at radius 2 is 2.04 bits per heavy atom. The maximum absolute atomic E-state index is 12.0. The zero-order valence-corrected chi connectivity index (χ0v) is 14.7. The number of hydrogen-bond donors (Lipinski definition) is 2. The van der Waals surface area contributed by atoms with Gasteiger partial charge in [0.1, 0.15) is 5.82 Å². The highest BCUT2D eigenvalue weighted by Gasteiger charge is 2.21. The predicted octanol–water partition coefficient (Wildman–Crippen LogP) is 2.74. The lowest BCUT2D eigenvalue weighted by Gasteiger charge is -2.26. The smallest absolute Gasteiger partial charge is 0.221 e. The number of carbonyl (C=O) groups is 1. The molecule has 3 rings (SSSR count). The van der Waals surface area contributed by atoms with Gasteiger partial charge < -0.3 is 10.3 Å². The fourth-order valence-corrected chi connectivity index (χ4v) is 3.01. The Hall–Kier alpha value is -2.14. The second-order valence-electron chi connectivity index (χ2n) is 7.45. The quantitative estimate of drug-likeness (QED) is 0.908. The molecule has 5 nitrogen and oxygen atoms in total. The molecule has 5 heteroatoms. The van der Waals surface area contributed by atoms with E-state index in [2.05, 4.69) is 27.3 Å². The Kier molecular flexibility index (Phi) is 4.71. The third-order valence-corrected chi connectivity index (χ3v) is 4.13. The summed E-state index contributed by atoms with van der Waals surface area (Å²) in [5.41, 5.74) is 3.28. The fourth-order valence-electron chi connectivity index (χ4n) is 3.01. The van der Waals surface area contributed by atoms with Crippen LogP contribution >= 0.6 is 0 Å². The van der Waals surface area contributed by atoms with Crippen LogP contribution in [0.3, 0.4) is 0 Å². The molecule has 2 aromatic rings. The second kappa shape index (κ2) is 6.77. The van der Waals surface area contributed by atoms with Gasteiger partial charge in [0, 0.05) is 43.6 Å². The number of fused-ring (bicyclic) bond motifs is 1. The monoisotopic (exact) mass is 326 g/mol. The van der Waals surface area contributed by atoms with Crippen molar-refractivity contribution >= 4 is 5.91 Å². The van der Waals surface area contributed by atoms with Crippen LogP contribution in [-0.4, -0.2) is 39.4 Å². The Balaban J connectivity index is 1.59. The van der Waals surface area contributed by atoms with E-state index in [1.165, 1.54) is 5.69 Å². The maximum Gasteiger partial charge on any atom is 0.221 e. The van der Waals surface area contributed by atoms with Crippen LogP contribution < -0.4 is 5.32 Å². The van der Waals surface area contributed by atoms with E-state index in [4.69, 9.17) is 4.98 Å². The van der Waals surface area contributed by atoms with Gasteiger partial charge in [0.05, 0.1) is 11.4 Å². The van der Waals surface area contributed by atoms with Crippen LogP contribution in [0.4, 0.5) is 0 Å². The van der Waals surface area contributed by atoms with Crippen molar-refractivity contribution in [1.82, 2.24) is 20.2 Å². The lowest BCUT2D eigenvalue weighted by atomic mass is 10.1. The number of H-pyrrole nitrogens is 1. The summed E-state index contributed by atoms with van der Waals surface area (Å²) in [6.45, 7) is 8.59. The van der Waals surface area contributed by atoms with Crippen LogP contribution in [0.15, 0.2) is 30.3 Å². The van der Waals surface area contributed by atoms with Gasteiger partial charge >= 0.3 is 0 Å². The van der Waals surface area contributed by atoms with Crippen molar-refractivity contribution in [1.29, 1.82) is 0 Å². The number of benzene rings is 1. The summed E-state index contributed by atoms with van der Waals surface area (Å²) >= 11 is 0. The molecule has 128 valence electrons. The minimum Gasteiger partial charge on any atom is -0.351 e. The molecular weight excluding hydrogens is 300 g/mol. The molecule has 2 heterocycles.